The molecule has 0 aliphatic rings. The molecule has 4 nitrogen and oxygen atoms in total. The lowest BCUT2D eigenvalue weighted by Gasteiger charge is -2.04. The number of hydrogen-bond acceptors (Lipinski definition) is 4. The van der Waals surface area contributed by atoms with E-state index in [-0.39, 0.29) is 6.08 Å². The molecule has 5 heteroatoms. The van der Waals surface area contributed by atoms with Crippen molar-refractivity contribution < 1.29 is 9.15 Å². The number of para-hydroxylation sites is 2. The lowest BCUT2D eigenvalue weighted by atomic mass is 10.3. The quantitative estimate of drug-likeness (QED) is 0.711. The Hall–Kier alpha value is -2.20. The highest BCUT2D eigenvalue weighted by Crippen LogP contribution is 2.30. The van der Waals surface area contributed by atoms with Gasteiger partial charge in [-0.15, -0.1) is 0 Å². The minimum absolute atomic E-state index is 0.158. The zero-order valence-electron chi connectivity index (χ0n) is 9.26. The maximum atomic E-state index is 5.81. The number of benzene rings is 2. The molecule has 3 rings (SSSR count). The van der Waals surface area contributed by atoms with Gasteiger partial charge in [-0.3, -0.25) is 0 Å². The fourth-order valence-corrected chi connectivity index (χ4v) is 1.78. The number of nitrogens with two attached hydrogens (primary N) is 1. The van der Waals surface area contributed by atoms with Crippen LogP contribution in [-0.4, -0.2) is 4.98 Å². The van der Waals surface area contributed by atoms with Gasteiger partial charge >= 0.3 is 6.08 Å². The molecule has 0 radical (unpaired) electrons. The van der Waals surface area contributed by atoms with Crippen LogP contribution in [-0.2, 0) is 0 Å². The van der Waals surface area contributed by atoms with E-state index in [0.29, 0.717) is 22.0 Å². The average Bonchev–Trinajstić information content (AvgIpc) is 2.75. The van der Waals surface area contributed by atoms with Crippen LogP contribution in [0.3, 0.4) is 0 Å². The fourth-order valence-electron chi connectivity index (χ4n) is 1.60. The molecule has 0 saturated heterocycles. The third-order valence-corrected chi connectivity index (χ3v) is 2.68. The van der Waals surface area contributed by atoms with Gasteiger partial charge in [-0.05, 0) is 30.3 Å². The molecule has 0 unspecified atom stereocenters. The van der Waals surface area contributed by atoms with Gasteiger partial charge in [0.25, 0.3) is 0 Å². The monoisotopic (exact) mass is 260 g/mol. The van der Waals surface area contributed by atoms with Crippen LogP contribution in [0.2, 0.25) is 5.02 Å². The summed E-state index contributed by atoms with van der Waals surface area (Å²) < 4.78 is 10.9. The van der Waals surface area contributed by atoms with Crippen LogP contribution in [0.25, 0.3) is 11.1 Å². The lowest BCUT2D eigenvalue weighted by Crippen LogP contribution is -1.91. The third-order valence-electron chi connectivity index (χ3n) is 2.44. The van der Waals surface area contributed by atoms with Crippen LogP contribution in [0.5, 0.6) is 11.8 Å². The van der Waals surface area contributed by atoms with E-state index in [2.05, 4.69) is 4.98 Å². The summed E-state index contributed by atoms with van der Waals surface area (Å²) in [5.74, 6) is 0.464. The molecule has 1 aromatic heterocycles. The standard InChI is InChI=1S/C13H9ClN2O2/c14-8-5-6-11(9(15)7-8)17-13-16-10-3-1-2-4-12(10)18-13/h1-7H,15H2. The second-order valence-electron chi connectivity index (χ2n) is 3.73. The first-order chi connectivity index (χ1) is 8.72. The van der Waals surface area contributed by atoms with Crippen molar-refractivity contribution in [2.45, 2.75) is 0 Å². The molecular formula is C13H9ClN2O2. The average molecular weight is 261 g/mol. The van der Waals surface area contributed by atoms with E-state index in [0.717, 1.165) is 5.52 Å². The van der Waals surface area contributed by atoms with Gasteiger partial charge in [0, 0.05) is 5.02 Å². The number of hydrogen-bond donors (Lipinski definition) is 1. The molecule has 1 heterocycles. The fraction of sp³-hybridized carbons (Fsp3) is 0. The molecule has 0 saturated carbocycles. The van der Waals surface area contributed by atoms with Crippen molar-refractivity contribution in [2.75, 3.05) is 5.73 Å². The van der Waals surface area contributed by atoms with E-state index in [4.69, 9.17) is 26.5 Å². The molecule has 0 aliphatic carbocycles. The van der Waals surface area contributed by atoms with Gasteiger partial charge in [0.15, 0.2) is 11.3 Å². The van der Waals surface area contributed by atoms with E-state index in [1.807, 2.05) is 24.3 Å². The van der Waals surface area contributed by atoms with Gasteiger partial charge in [-0.1, -0.05) is 23.7 Å². The first-order valence-corrected chi connectivity index (χ1v) is 5.68. The Morgan fingerprint density at radius 1 is 1.17 bits per heavy atom. The van der Waals surface area contributed by atoms with Crippen LogP contribution < -0.4 is 10.5 Å². The summed E-state index contributed by atoms with van der Waals surface area (Å²) in [6, 6.07) is 12.4. The molecule has 2 aromatic carbocycles. The van der Waals surface area contributed by atoms with Crippen molar-refractivity contribution in [2.24, 2.45) is 0 Å². The van der Waals surface area contributed by atoms with Crippen molar-refractivity contribution in [1.82, 2.24) is 4.98 Å². The molecule has 18 heavy (non-hydrogen) atoms. The largest absolute Gasteiger partial charge is 0.409 e. The first kappa shape index (κ1) is 10.9. The number of rotatable bonds is 2. The predicted octanol–water partition coefficient (Wildman–Crippen LogP) is 3.86. The Balaban J connectivity index is 1.96. The minimum Gasteiger partial charge on any atom is -0.409 e. The zero-order chi connectivity index (χ0) is 12.5. The Morgan fingerprint density at radius 3 is 2.78 bits per heavy atom. The summed E-state index contributed by atoms with van der Waals surface area (Å²) in [5, 5.41) is 0.553. The maximum Gasteiger partial charge on any atom is 0.400 e. The zero-order valence-corrected chi connectivity index (χ0v) is 10.0. The number of oxazole rings is 1. The normalized spacial score (nSPS) is 10.7. The molecule has 0 bridgehead atoms. The number of halogens is 1. The molecule has 2 N–H and O–H groups in total. The second-order valence-corrected chi connectivity index (χ2v) is 4.17. The minimum atomic E-state index is 0.158. The van der Waals surface area contributed by atoms with Crippen LogP contribution in [0.4, 0.5) is 5.69 Å². The predicted molar refractivity (Wildman–Crippen MR) is 69.9 cm³/mol. The Kier molecular flexibility index (Phi) is 2.57. The van der Waals surface area contributed by atoms with Gasteiger partial charge in [-0.2, -0.15) is 4.98 Å². The summed E-state index contributed by atoms with van der Waals surface area (Å²) in [7, 11) is 0. The summed E-state index contributed by atoms with van der Waals surface area (Å²) in [6.45, 7) is 0. The number of aromatic nitrogens is 1. The highest BCUT2D eigenvalue weighted by atomic mass is 35.5. The van der Waals surface area contributed by atoms with E-state index < -0.39 is 0 Å². The summed E-state index contributed by atoms with van der Waals surface area (Å²) >= 11 is 5.81. The lowest BCUT2D eigenvalue weighted by molar-refractivity contribution is 0.344. The van der Waals surface area contributed by atoms with Crippen LogP contribution in [0.15, 0.2) is 46.9 Å². The van der Waals surface area contributed by atoms with Crippen LogP contribution >= 0.6 is 11.6 Å². The van der Waals surface area contributed by atoms with Crippen molar-refractivity contribution in [3.8, 4) is 11.8 Å². The highest BCUT2D eigenvalue weighted by Gasteiger charge is 2.09. The number of anilines is 1. The van der Waals surface area contributed by atoms with Crippen LogP contribution in [0, 0.1) is 0 Å². The highest BCUT2D eigenvalue weighted by molar-refractivity contribution is 6.30. The summed E-state index contributed by atoms with van der Waals surface area (Å²) in [6.07, 6.45) is 0.158. The van der Waals surface area contributed by atoms with E-state index in [1.54, 1.807) is 18.2 Å². The number of nitrogens with zero attached hydrogens (tertiary/aromatic N) is 1. The van der Waals surface area contributed by atoms with Gasteiger partial charge in [0.1, 0.15) is 5.52 Å². The Morgan fingerprint density at radius 2 is 2.00 bits per heavy atom. The Bertz CT molecular complexity index is 676. The third kappa shape index (κ3) is 1.98. The topological polar surface area (TPSA) is 61.3 Å². The molecule has 90 valence electrons. The van der Waals surface area contributed by atoms with Gasteiger partial charge in [0.2, 0.25) is 0 Å². The van der Waals surface area contributed by atoms with E-state index >= 15 is 0 Å². The maximum absolute atomic E-state index is 5.81. The van der Waals surface area contributed by atoms with Crippen molar-refractivity contribution >= 4 is 28.4 Å². The van der Waals surface area contributed by atoms with Gasteiger partial charge in [-0.25, -0.2) is 0 Å². The van der Waals surface area contributed by atoms with Crippen molar-refractivity contribution in [1.29, 1.82) is 0 Å². The molecule has 0 atom stereocenters. The number of ether oxygens (including phenoxy) is 1. The van der Waals surface area contributed by atoms with E-state index in [9.17, 15) is 0 Å². The SMILES string of the molecule is Nc1cc(Cl)ccc1Oc1nc2ccccc2o1. The van der Waals surface area contributed by atoms with Gasteiger partial charge < -0.3 is 14.9 Å². The number of fused-ring (bicyclic) bond motifs is 1. The molecule has 3 aromatic rings. The van der Waals surface area contributed by atoms with Crippen molar-refractivity contribution in [3.63, 3.8) is 0 Å². The summed E-state index contributed by atoms with van der Waals surface area (Å²) in [5.41, 5.74) is 7.62. The number of nitrogen functional groups attached to an aromatic ring is 1. The van der Waals surface area contributed by atoms with Crippen molar-refractivity contribution in [3.05, 3.63) is 47.5 Å². The van der Waals surface area contributed by atoms with Crippen LogP contribution in [0.1, 0.15) is 0 Å². The van der Waals surface area contributed by atoms with E-state index in [1.165, 1.54) is 0 Å². The second kappa shape index (κ2) is 4.23. The summed E-state index contributed by atoms with van der Waals surface area (Å²) in [4.78, 5) is 4.19. The molecule has 0 amide bonds. The molecular weight excluding hydrogens is 252 g/mol. The smallest absolute Gasteiger partial charge is 0.400 e. The Labute approximate surface area is 108 Å². The molecule has 0 aliphatic heterocycles. The van der Waals surface area contributed by atoms with Gasteiger partial charge in [0.05, 0.1) is 5.69 Å². The molecule has 0 fully saturated rings. The molecule has 0 spiro atoms. The first-order valence-electron chi connectivity index (χ1n) is 5.31.